The Morgan fingerprint density at radius 1 is 0.960 bits per heavy atom. The first kappa shape index (κ1) is 15.6. The largest absolute Gasteiger partial charge is 0.392 e. The lowest BCUT2D eigenvalue weighted by atomic mass is 9.95. The van der Waals surface area contributed by atoms with Gasteiger partial charge in [-0.15, -0.1) is 0 Å². The van der Waals surface area contributed by atoms with Gasteiger partial charge in [0.05, 0.1) is 24.5 Å². The first-order valence-corrected chi connectivity index (χ1v) is 8.18. The first-order chi connectivity index (χ1) is 12.2. The summed E-state index contributed by atoms with van der Waals surface area (Å²) in [6, 6.07) is 20.0. The zero-order valence-corrected chi connectivity index (χ0v) is 13.6. The van der Waals surface area contributed by atoms with Gasteiger partial charge >= 0.3 is 0 Å². The smallest absolute Gasteiger partial charge is 0.0874 e. The van der Waals surface area contributed by atoms with Gasteiger partial charge in [0.25, 0.3) is 0 Å². The molecule has 2 heterocycles. The van der Waals surface area contributed by atoms with Gasteiger partial charge in [0, 0.05) is 22.9 Å². The van der Waals surface area contributed by atoms with Crippen molar-refractivity contribution in [3.8, 4) is 22.4 Å². The summed E-state index contributed by atoms with van der Waals surface area (Å²) in [5.74, 6) is 0. The Hall–Kier alpha value is -2.95. The van der Waals surface area contributed by atoms with Crippen molar-refractivity contribution in [3.63, 3.8) is 0 Å². The monoisotopic (exact) mass is 330 g/mol. The molecule has 2 aromatic carbocycles. The predicted molar refractivity (Wildman–Crippen MR) is 97.4 cm³/mol. The molecule has 0 atom stereocenters. The highest BCUT2D eigenvalue weighted by molar-refractivity contribution is 5.83. The lowest BCUT2D eigenvalue weighted by molar-refractivity contribution is -0.0504. The van der Waals surface area contributed by atoms with E-state index in [1.54, 1.807) is 6.20 Å². The second-order valence-electron chi connectivity index (χ2n) is 6.05. The molecule has 0 bridgehead atoms. The number of nitrogens with zero attached hydrogens (tertiary/aromatic N) is 2. The number of hydrogen-bond donors (Lipinski definition) is 2. The SMILES string of the molecule is OCc1ccc(-c2nc3c(cc2-c2ccccc2)C=CN(O)C3)cc1. The fourth-order valence-electron chi connectivity index (χ4n) is 3.04. The minimum atomic E-state index is 0.0215. The van der Waals surface area contributed by atoms with Crippen LogP contribution in [0.15, 0.2) is 66.9 Å². The van der Waals surface area contributed by atoms with E-state index in [2.05, 4.69) is 18.2 Å². The highest BCUT2D eigenvalue weighted by Gasteiger charge is 2.17. The quantitative estimate of drug-likeness (QED) is 0.760. The molecule has 0 unspecified atom stereocenters. The maximum atomic E-state index is 9.75. The van der Waals surface area contributed by atoms with Gasteiger partial charge < -0.3 is 5.11 Å². The molecular weight excluding hydrogens is 312 g/mol. The number of fused-ring (bicyclic) bond motifs is 1. The molecule has 2 N–H and O–H groups in total. The summed E-state index contributed by atoms with van der Waals surface area (Å²) in [7, 11) is 0. The van der Waals surface area contributed by atoms with Crippen LogP contribution in [0.2, 0.25) is 0 Å². The van der Waals surface area contributed by atoms with E-state index in [-0.39, 0.29) is 6.61 Å². The van der Waals surface area contributed by atoms with Crippen molar-refractivity contribution in [2.24, 2.45) is 0 Å². The van der Waals surface area contributed by atoms with E-state index in [9.17, 15) is 10.3 Å². The zero-order valence-electron chi connectivity index (χ0n) is 13.6. The molecule has 0 fully saturated rings. The molecule has 25 heavy (non-hydrogen) atoms. The third-order valence-electron chi connectivity index (χ3n) is 4.37. The van der Waals surface area contributed by atoms with Crippen molar-refractivity contribution in [1.29, 1.82) is 0 Å². The molecule has 0 amide bonds. The third kappa shape index (κ3) is 3.05. The summed E-state index contributed by atoms with van der Waals surface area (Å²) in [4.78, 5) is 4.85. The van der Waals surface area contributed by atoms with Crippen LogP contribution in [0.3, 0.4) is 0 Å². The molecular formula is C21H18N2O2. The number of pyridine rings is 1. The Bertz CT molecular complexity index is 919. The Labute approximate surface area is 146 Å². The van der Waals surface area contributed by atoms with Gasteiger partial charge in [-0.25, -0.2) is 4.98 Å². The second kappa shape index (κ2) is 6.51. The van der Waals surface area contributed by atoms with Gasteiger partial charge in [0.1, 0.15) is 0 Å². The summed E-state index contributed by atoms with van der Waals surface area (Å²) < 4.78 is 0. The predicted octanol–water partition coefficient (Wildman–Crippen LogP) is 4.08. The van der Waals surface area contributed by atoms with E-state index >= 15 is 0 Å². The molecule has 0 saturated heterocycles. The maximum Gasteiger partial charge on any atom is 0.0874 e. The molecule has 4 nitrogen and oxygen atoms in total. The average molecular weight is 330 g/mol. The number of aliphatic hydroxyl groups is 1. The maximum absolute atomic E-state index is 9.75. The van der Waals surface area contributed by atoms with E-state index in [1.165, 1.54) is 0 Å². The summed E-state index contributed by atoms with van der Waals surface area (Å²) in [5.41, 5.74) is 6.72. The Morgan fingerprint density at radius 3 is 2.44 bits per heavy atom. The lowest BCUT2D eigenvalue weighted by Gasteiger charge is -2.21. The van der Waals surface area contributed by atoms with Crippen LogP contribution in [0, 0.1) is 0 Å². The molecule has 3 aromatic rings. The van der Waals surface area contributed by atoms with E-state index in [0.29, 0.717) is 6.54 Å². The highest BCUT2D eigenvalue weighted by Crippen LogP contribution is 2.34. The second-order valence-corrected chi connectivity index (χ2v) is 6.05. The van der Waals surface area contributed by atoms with E-state index < -0.39 is 0 Å². The van der Waals surface area contributed by atoms with Crippen molar-refractivity contribution in [2.75, 3.05) is 0 Å². The van der Waals surface area contributed by atoms with Gasteiger partial charge in [-0.3, -0.25) is 10.3 Å². The Balaban J connectivity index is 1.91. The standard InChI is InChI=1S/C21H18N2O2/c24-14-15-6-8-17(9-7-15)21-19(16-4-2-1-3-5-16)12-18-10-11-23(25)13-20(18)22-21/h1-12,24-25H,13-14H2. The molecule has 0 spiro atoms. The number of aliphatic hydroxyl groups excluding tert-OH is 1. The van der Waals surface area contributed by atoms with Crippen molar-refractivity contribution < 1.29 is 10.3 Å². The Kier molecular flexibility index (Phi) is 4.06. The van der Waals surface area contributed by atoms with Crippen LogP contribution in [0.5, 0.6) is 0 Å². The molecule has 1 aliphatic heterocycles. The molecule has 1 aromatic heterocycles. The van der Waals surface area contributed by atoms with Gasteiger partial charge in [0.2, 0.25) is 0 Å². The lowest BCUT2D eigenvalue weighted by Crippen LogP contribution is -2.17. The van der Waals surface area contributed by atoms with E-state index in [0.717, 1.165) is 44.3 Å². The van der Waals surface area contributed by atoms with Crippen LogP contribution in [0.25, 0.3) is 28.5 Å². The molecule has 0 radical (unpaired) electrons. The van der Waals surface area contributed by atoms with Crippen LogP contribution < -0.4 is 0 Å². The summed E-state index contributed by atoms with van der Waals surface area (Å²) >= 11 is 0. The fourth-order valence-corrected chi connectivity index (χ4v) is 3.04. The average Bonchev–Trinajstić information content (AvgIpc) is 2.67. The zero-order chi connectivity index (χ0) is 17.2. The van der Waals surface area contributed by atoms with Crippen molar-refractivity contribution in [2.45, 2.75) is 13.2 Å². The Morgan fingerprint density at radius 2 is 1.72 bits per heavy atom. The third-order valence-corrected chi connectivity index (χ3v) is 4.37. The fraction of sp³-hybridized carbons (Fsp3) is 0.0952. The van der Waals surface area contributed by atoms with Crippen LogP contribution in [-0.4, -0.2) is 20.4 Å². The topological polar surface area (TPSA) is 56.6 Å². The number of hydrogen-bond acceptors (Lipinski definition) is 4. The van der Waals surface area contributed by atoms with Crippen molar-refractivity contribution in [1.82, 2.24) is 10.0 Å². The van der Waals surface area contributed by atoms with E-state index in [1.807, 2.05) is 48.5 Å². The van der Waals surface area contributed by atoms with Crippen molar-refractivity contribution in [3.05, 3.63) is 83.7 Å². The van der Waals surface area contributed by atoms with Crippen LogP contribution in [0.4, 0.5) is 0 Å². The number of hydroxylamine groups is 2. The summed E-state index contributed by atoms with van der Waals surface area (Å²) in [6.07, 6.45) is 3.52. The van der Waals surface area contributed by atoms with Crippen LogP contribution in [-0.2, 0) is 13.2 Å². The normalized spacial score (nSPS) is 13.0. The van der Waals surface area contributed by atoms with Gasteiger partial charge in [-0.2, -0.15) is 0 Å². The number of aromatic nitrogens is 1. The highest BCUT2D eigenvalue weighted by atomic mass is 16.5. The van der Waals surface area contributed by atoms with Gasteiger partial charge in [-0.1, -0.05) is 54.6 Å². The first-order valence-electron chi connectivity index (χ1n) is 8.18. The molecule has 4 heteroatoms. The molecule has 0 saturated carbocycles. The molecule has 4 rings (SSSR count). The molecule has 1 aliphatic rings. The summed E-state index contributed by atoms with van der Waals surface area (Å²) in [5, 5.41) is 20.1. The molecule has 0 aliphatic carbocycles. The van der Waals surface area contributed by atoms with Gasteiger partial charge in [-0.05, 0) is 23.3 Å². The minimum absolute atomic E-state index is 0.0215. The van der Waals surface area contributed by atoms with E-state index in [4.69, 9.17) is 4.98 Å². The van der Waals surface area contributed by atoms with Crippen LogP contribution >= 0.6 is 0 Å². The molecule has 124 valence electrons. The number of benzene rings is 2. The van der Waals surface area contributed by atoms with Crippen LogP contribution in [0.1, 0.15) is 16.8 Å². The van der Waals surface area contributed by atoms with Gasteiger partial charge in [0.15, 0.2) is 0 Å². The van der Waals surface area contributed by atoms with Crippen molar-refractivity contribution >= 4 is 6.08 Å². The number of rotatable bonds is 3. The summed E-state index contributed by atoms with van der Waals surface area (Å²) in [6.45, 7) is 0.385. The minimum Gasteiger partial charge on any atom is -0.392 e.